The van der Waals surface area contributed by atoms with Gasteiger partial charge in [0.25, 0.3) is 0 Å². The molecule has 0 bridgehead atoms. The van der Waals surface area contributed by atoms with Crippen LogP contribution in [-0.4, -0.2) is 42.8 Å². The van der Waals surface area contributed by atoms with Crippen molar-refractivity contribution >= 4 is 15.9 Å². The summed E-state index contributed by atoms with van der Waals surface area (Å²) < 4.78 is 1.12. The lowest BCUT2D eigenvalue weighted by atomic mass is 10.0. The fourth-order valence-corrected chi connectivity index (χ4v) is 2.54. The SMILES string of the molecule is CCCNC(CCN(C)C(C)CO)c1cccc(Br)c1. The Kier molecular flexibility index (Phi) is 8.38. The van der Waals surface area contributed by atoms with E-state index < -0.39 is 0 Å². The first-order valence-corrected chi connectivity index (χ1v) is 8.17. The van der Waals surface area contributed by atoms with Crippen molar-refractivity contribution in [3.63, 3.8) is 0 Å². The molecule has 1 rings (SSSR count). The highest BCUT2D eigenvalue weighted by Crippen LogP contribution is 2.21. The number of halogens is 1. The second kappa shape index (κ2) is 9.50. The minimum absolute atomic E-state index is 0.209. The molecule has 0 aromatic heterocycles. The number of aliphatic hydroxyl groups is 1. The Morgan fingerprint density at radius 3 is 2.75 bits per heavy atom. The van der Waals surface area contributed by atoms with Gasteiger partial charge in [-0.25, -0.2) is 0 Å². The summed E-state index contributed by atoms with van der Waals surface area (Å²) in [7, 11) is 2.07. The minimum atomic E-state index is 0.209. The fourth-order valence-electron chi connectivity index (χ4n) is 2.12. The van der Waals surface area contributed by atoms with Gasteiger partial charge in [-0.3, -0.25) is 0 Å². The average Bonchev–Trinajstić information content (AvgIpc) is 2.46. The van der Waals surface area contributed by atoms with Crippen LogP contribution in [0.4, 0.5) is 0 Å². The third kappa shape index (κ3) is 5.92. The first-order chi connectivity index (χ1) is 9.58. The van der Waals surface area contributed by atoms with Crippen LogP contribution in [0.25, 0.3) is 0 Å². The van der Waals surface area contributed by atoms with Crippen LogP contribution in [0.1, 0.15) is 38.3 Å². The highest BCUT2D eigenvalue weighted by atomic mass is 79.9. The van der Waals surface area contributed by atoms with Gasteiger partial charge in [-0.1, -0.05) is 35.0 Å². The Balaban J connectivity index is 2.65. The maximum absolute atomic E-state index is 9.20. The second-order valence-electron chi connectivity index (χ2n) is 5.36. The number of nitrogens with one attached hydrogen (secondary N) is 1. The number of rotatable bonds is 9. The Labute approximate surface area is 131 Å². The summed E-state index contributed by atoms with van der Waals surface area (Å²) in [5.41, 5.74) is 1.32. The molecule has 0 amide bonds. The molecule has 3 nitrogen and oxygen atoms in total. The van der Waals surface area contributed by atoms with Crippen LogP contribution in [0.15, 0.2) is 28.7 Å². The molecule has 1 aromatic rings. The van der Waals surface area contributed by atoms with E-state index in [4.69, 9.17) is 0 Å². The number of aliphatic hydroxyl groups excluding tert-OH is 1. The van der Waals surface area contributed by atoms with Crippen LogP contribution in [0.5, 0.6) is 0 Å². The summed E-state index contributed by atoms with van der Waals surface area (Å²) in [5.74, 6) is 0. The number of benzene rings is 1. The Bertz CT molecular complexity index is 386. The topological polar surface area (TPSA) is 35.5 Å². The first-order valence-electron chi connectivity index (χ1n) is 7.38. The third-order valence-corrected chi connectivity index (χ3v) is 4.17. The fraction of sp³-hybridized carbons (Fsp3) is 0.625. The molecule has 0 fully saturated rings. The summed E-state index contributed by atoms with van der Waals surface area (Å²) in [4.78, 5) is 2.21. The maximum atomic E-state index is 9.20. The molecule has 0 saturated heterocycles. The summed E-state index contributed by atoms with van der Waals surface area (Å²) in [5, 5.41) is 12.8. The summed E-state index contributed by atoms with van der Waals surface area (Å²) in [6, 6.07) is 9.07. The van der Waals surface area contributed by atoms with Gasteiger partial charge in [-0.05, 0) is 51.1 Å². The van der Waals surface area contributed by atoms with Gasteiger partial charge in [0, 0.05) is 23.1 Å². The van der Waals surface area contributed by atoms with E-state index in [1.54, 1.807) is 0 Å². The van der Waals surface area contributed by atoms with E-state index in [9.17, 15) is 5.11 Å². The normalized spacial score (nSPS) is 14.5. The van der Waals surface area contributed by atoms with Crippen LogP contribution in [0, 0.1) is 0 Å². The van der Waals surface area contributed by atoms with Crippen molar-refractivity contribution in [2.45, 2.75) is 38.8 Å². The van der Waals surface area contributed by atoms with E-state index in [0.29, 0.717) is 6.04 Å². The van der Waals surface area contributed by atoms with E-state index >= 15 is 0 Å². The smallest absolute Gasteiger partial charge is 0.0584 e. The summed E-state index contributed by atoms with van der Waals surface area (Å²) in [6.07, 6.45) is 2.17. The lowest BCUT2D eigenvalue weighted by molar-refractivity contribution is 0.154. The van der Waals surface area contributed by atoms with Crippen LogP contribution >= 0.6 is 15.9 Å². The zero-order valence-corrected chi connectivity index (χ0v) is 14.4. The van der Waals surface area contributed by atoms with Crippen molar-refractivity contribution in [3.8, 4) is 0 Å². The molecule has 0 aliphatic heterocycles. The van der Waals surface area contributed by atoms with Crippen molar-refractivity contribution < 1.29 is 5.11 Å². The minimum Gasteiger partial charge on any atom is -0.395 e. The van der Waals surface area contributed by atoms with E-state index in [-0.39, 0.29) is 12.6 Å². The molecule has 2 unspecified atom stereocenters. The van der Waals surface area contributed by atoms with E-state index in [1.165, 1.54) is 5.56 Å². The Morgan fingerprint density at radius 1 is 1.40 bits per heavy atom. The van der Waals surface area contributed by atoms with Gasteiger partial charge in [0.2, 0.25) is 0 Å². The van der Waals surface area contributed by atoms with Gasteiger partial charge in [0.1, 0.15) is 0 Å². The molecule has 0 aliphatic carbocycles. The van der Waals surface area contributed by atoms with Gasteiger partial charge >= 0.3 is 0 Å². The molecule has 20 heavy (non-hydrogen) atoms. The second-order valence-corrected chi connectivity index (χ2v) is 6.28. The number of likely N-dealkylation sites (N-methyl/N-ethyl adjacent to an activating group) is 1. The molecular formula is C16H27BrN2O. The molecular weight excluding hydrogens is 316 g/mol. The van der Waals surface area contributed by atoms with Crippen molar-refractivity contribution in [2.24, 2.45) is 0 Å². The van der Waals surface area contributed by atoms with Crippen molar-refractivity contribution in [2.75, 3.05) is 26.7 Å². The van der Waals surface area contributed by atoms with Crippen LogP contribution < -0.4 is 5.32 Å². The first kappa shape index (κ1) is 17.6. The largest absolute Gasteiger partial charge is 0.395 e. The molecule has 2 atom stereocenters. The van der Waals surface area contributed by atoms with Crippen LogP contribution in [0.2, 0.25) is 0 Å². The number of hydrogen-bond donors (Lipinski definition) is 2. The Hall–Kier alpha value is -0.420. The lowest BCUT2D eigenvalue weighted by Crippen LogP contribution is -2.35. The van der Waals surface area contributed by atoms with E-state index in [0.717, 1.165) is 30.4 Å². The van der Waals surface area contributed by atoms with Crippen LogP contribution in [-0.2, 0) is 0 Å². The standard InChI is InChI=1S/C16H27BrN2O/c1-4-9-18-16(8-10-19(3)13(2)12-20)14-6-5-7-15(17)11-14/h5-7,11,13,16,18,20H,4,8-10,12H2,1-3H3. The van der Waals surface area contributed by atoms with Crippen LogP contribution in [0.3, 0.4) is 0 Å². The molecule has 0 aliphatic rings. The molecule has 0 saturated carbocycles. The Morgan fingerprint density at radius 2 is 2.15 bits per heavy atom. The summed E-state index contributed by atoms with van der Waals surface area (Å²) in [6.45, 7) is 6.44. The van der Waals surface area contributed by atoms with Gasteiger partial charge in [-0.2, -0.15) is 0 Å². The average molecular weight is 343 g/mol. The molecule has 0 radical (unpaired) electrons. The molecule has 4 heteroatoms. The van der Waals surface area contributed by atoms with Crippen molar-refractivity contribution in [1.82, 2.24) is 10.2 Å². The number of nitrogens with zero attached hydrogens (tertiary/aromatic N) is 1. The van der Waals surface area contributed by atoms with Crippen molar-refractivity contribution in [1.29, 1.82) is 0 Å². The van der Waals surface area contributed by atoms with E-state index in [1.807, 2.05) is 6.92 Å². The molecule has 2 N–H and O–H groups in total. The molecule has 114 valence electrons. The van der Waals surface area contributed by atoms with Crippen molar-refractivity contribution in [3.05, 3.63) is 34.3 Å². The quantitative estimate of drug-likeness (QED) is 0.723. The zero-order chi connectivity index (χ0) is 15.0. The predicted octanol–water partition coefficient (Wildman–Crippen LogP) is 3.19. The highest BCUT2D eigenvalue weighted by Gasteiger charge is 2.14. The highest BCUT2D eigenvalue weighted by molar-refractivity contribution is 9.10. The maximum Gasteiger partial charge on any atom is 0.0584 e. The zero-order valence-electron chi connectivity index (χ0n) is 12.8. The molecule has 0 spiro atoms. The van der Waals surface area contributed by atoms with E-state index in [2.05, 4.69) is 64.4 Å². The van der Waals surface area contributed by atoms with Gasteiger partial charge in [0.15, 0.2) is 0 Å². The van der Waals surface area contributed by atoms with Gasteiger partial charge < -0.3 is 15.3 Å². The molecule has 0 heterocycles. The predicted molar refractivity (Wildman–Crippen MR) is 89.0 cm³/mol. The lowest BCUT2D eigenvalue weighted by Gasteiger charge is -2.26. The third-order valence-electron chi connectivity index (χ3n) is 3.68. The molecule has 1 aromatic carbocycles. The summed E-state index contributed by atoms with van der Waals surface area (Å²) >= 11 is 3.54. The number of hydrogen-bond acceptors (Lipinski definition) is 3. The van der Waals surface area contributed by atoms with Gasteiger partial charge in [0.05, 0.1) is 6.61 Å². The van der Waals surface area contributed by atoms with Gasteiger partial charge in [-0.15, -0.1) is 0 Å². The monoisotopic (exact) mass is 342 g/mol.